The van der Waals surface area contributed by atoms with E-state index >= 15 is 0 Å². The number of halogens is 3. The molecule has 0 bridgehead atoms. The Kier molecular flexibility index (Phi) is 4.70. The lowest BCUT2D eigenvalue weighted by atomic mass is 10.1. The molecule has 2 aromatic rings. The molecule has 1 saturated heterocycles. The van der Waals surface area contributed by atoms with Crippen molar-refractivity contribution in [1.29, 1.82) is 5.26 Å². The van der Waals surface area contributed by atoms with Crippen LogP contribution >= 0.6 is 0 Å². The van der Waals surface area contributed by atoms with Gasteiger partial charge in [0.05, 0.1) is 5.56 Å². The lowest BCUT2D eigenvalue weighted by molar-refractivity contribution is -0.141. The molecular formula is C16H15F3N6. The standard InChI is InChI=1S/C16H15F3N6/c17-16(18,19)13-3-6-21-15(24-13)23-12-4-7-25(8-5-12)14-2-1-11(9-20)10-22-14/h1-3,6,10,12H,4-5,7-8H2,(H,21,23,24). The Labute approximate surface area is 142 Å². The van der Waals surface area contributed by atoms with E-state index in [-0.39, 0.29) is 12.0 Å². The number of nitrogens with one attached hydrogen (secondary N) is 1. The maximum Gasteiger partial charge on any atom is 0.433 e. The van der Waals surface area contributed by atoms with Crippen molar-refractivity contribution in [2.45, 2.75) is 25.1 Å². The number of aromatic nitrogens is 3. The molecule has 0 atom stereocenters. The molecule has 0 unspecified atom stereocenters. The summed E-state index contributed by atoms with van der Waals surface area (Å²) in [5, 5.41) is 11.8. The van der Waals surface area contributed by atoms with E-state index in [9.17, 15) is 13.2 Å². The molecule has 25 heavy (non-hydrogen) atoms. The van der Waals surface area contributed by atoms with E-state index in [0.29, 0.717) is 18.7 Å². The zero-order valence-electron chi connectivity index (χ0n) is 13.2. The van der Waals surface area contributed by atoms with Crippen molar-refractivity contribution < 1.29 is 13.2 Å². The third-order valence-corrected chi connectivity index (χ3v) is 3.98. The van der Waals surface area contributed by atoms with Gasteiger partial charge in [0, 0.05) is 31.5 Å². The van der Waals surface area contributed by atoms with E-state index in [1.807, 2.05) is 6.07 Å². The third kappa shape index (κ3) is 4.15. The number of hydrogen-bond acceptors (Lipinski definition) is 6. The topological polar surface area (TPSA) is 77.7 Å². The quantitative estimate of drug-likeness (QED) is 0.919. The molecular weight excluding hydrogens is 333 g/mol. The van der Waals surface area contributed by atoms with Gasteiger partial charge in [-0.15, -0.1) is 0 Å². The van der Waals surface area contributed by atoms with E-state index in [2.05, 4.69) is 25.2 Å². The second kappa shape index (κ2) is 6.93. The number of nitriles is 1. The smallest absolute Gasteiger partial charge is 0.356 e. The molecule has 1 fully saturated rings. The SMILES string of the molecule is N#Cc1ccc(N2CCC(Nc3nccc(C(F)(F)F)n3)CC2)nc1. The minimum atomic E-state index is -4.48. The minimum Gasteiger partial charge on any atom is -0.356 e. The molecule has 0 saturated carbocycles. The molecule has 0 amide bonds. The molecule has 9 heteroatoms. The molecule has 0 spiro atoms. The highest BCUT2D eigenvalue weighted by Gasteiger charge is 2.33. The number of hydrogen-bond donors (Lipinski definition) is 1. The Morgan fingerprint density at radius 1 is 1.16 bits per heavy atom. The number of alkyl halides is 3. The van der Waals surface area contributed by atoms with Crippen molar-refractivity contribution in [3.05, 3.63) is 41.9 Å². The van der Waals surface area contributed by atoms with Gasteiger partial charge in [0.1, 0.15) is 17.6 Å². The molecule has 1 aliphatic heterocycles. The van der Waals surface area contributed by atoms with Crippen LogP contribution in [0.15, 0.2) is 30.6 Å². The van der Waals surface area contributed by atoms with Crippen LogP contribution in [0.3, 0.4) is 0 Å². The predicted molar refractivity (Wildman–Crippen MR) is 84.8 cm³/mol. The summed E-state index contributed by atoms with van der Waals surface area (Å²) in [5.74, 6) is 0.776. The fourth-order valence-electron chi connectivity index (χ4n) is 2.66. The highest BCUT2D eigenvalue weighted by molar-refractivity contribution is 5.42. The largest absolute Gasteiger partial charge is 0.433 e. The maximum absolute atomic E-state index is 12.7. The van der Waals surface area contributed by atoms with Crippen LogP contribution < -0.4 is 10.2 Å². The fraction of sp³-hybridized carbons (Fsp3) is 0.375. The van der Waals surface area contributed by atoms with Crippen molar-refractivity contribution in [3.8, 4) is 6.07 Å². The molecule has 0 aromatic carbocycles. The zero-order valence-corrected chi connectivity index (χ0v) is 13.2. The van der Waals surface area contributed by atoms with Gasteiger partial charge in [0.25, 0.3) is 0 Å². The summed E-state index contributed by atoms with van der Waals surface area (Å²) in [6.45, 7) is 1.41. The zero-order chi connectivity index (χ0) is 17.9. The van der Waals surface area contributed by atoms with Crippen LogP contribution in [0.4, 0.5) is 24.9 Å². The van der Waals surface area contributed by atoms with E-state index in [0.717, 1.165) is 30.9 Å². The number of nitrogens with zero attached hydrogens (tertiary/aromatic N) is 5. The fourth-order valence-corrected chi connectivity index (χ4v) is 2.66. The molecule has 1 aliphatic rings. The molecule has 3 heterocycles. The molecule has 0 radical (unpaired) electrons. The van der Waals surface area contributed by atoms with E-state index in [4.69, 9.17) is 5.26 Å². The first-order chi connectivity index (χ1) is 12.0. The van der Waals surface area contributed by atoms with Gasteiger partial charge in [0.2, 0.25) is 5.95 Å². The van der Waals surface area contributed by atoms with Gasteiger partial charge in [-0.3, -0.25) is 0 Å². The average Bonchev–Trinajstić information content (AvgIpc) is 2.62. The number of rotatable bonds is 3. The van der Waals surface area contributed by atoms with Crippen LogP contribution in [0.2, 0.25) is 0 Å². The average molecular weight is 348 g/mol. The predicted octanol–water partition coefficient (Wildman–Crippen LogP) is 2.84. The van der Waals surface area contributed by atoms with Crippen molar-refractivity contribution in [2.75, 3.05) is 23.3 Å². The second-order valence-electron chi connectivity index (χ2n) is 5.69. The summed E-state index contributed by atoms with van der Waals surface area (Å²) < 4.78 is 38.1. The van der Waals surface area contributed by atoms with Gasteiger partial charge in [-0.25, -0.2) is 15.0 Å². The molecule has 130 valence electrons. The highest BCUT2D eigenvalue weighted by Crippen LogP contribution is 2.28. The Balaban J connectivity index is 1.58. The Morgan fingerprint density at radius 3 is 2.52 bits per heavy atom. The second-order valence-corrected chi connectivity index (χ2v) is 5.69. The number of pyridine rings is 1. The summed E-state index contributed by atoms with van der Waals surface area (Å²) in [7, 11) is 0. The van der Waals surface area contributed by atoms with Gasteiger partial charge in [-0.1, -0.05) is 0 Å². The van der Waals surface area contributed by atoms with Crippen LogP contribution in [0, 0.1) is 11.3 Å². The van der Waals surface area contributed by atoms with Crippen LogP contribution in [0.5, 0.6) is 0 Å². The van der Waals surface area contributed by atoms with Crippen molar-refractivity contribution in [2.24, 2.45) is 0 Å². The summed E-state index contributed by atoms with van der Waals surface area (Å²) in [6.07, 6.45) is -0.406. The summed E-state index contributed by atoms with van der Waals surface area (Å²) in [4.78, 5) is 13.7. The monoisotopic (exact) mass is 348 g/mol. The van der Waals surface area contributed by atoms with Crippen LogP contribution in [-0.4, -0.2) is 34.1 Å². The van der Waals surface area contributed by atoms with Crippen LogP contribution in [0.25, 0.3) is 0 Å². The normalized spacial score (nSPS) is 15.7. The first kappa shape index (κ1) is 17.0. The van der Waals surface area contributed by atoms with Gasteiger partial charge in [0.15, 0.2) is 0 Å². The molecule has 3 rings (SSSR count). The van der Waals surface area contributed by atoms with E-state index in [1.54, 1.807) is 12.1 Å². The number of anilines is 2. The Morgan fingerprint density at radius 2 is 1.92 bits per heavy atom. The first-order valence-corrected chi connectivity index (χ1v) is 7.73. The lowest BCUT2D eigenvalue weighted by Crippen LogP contribution is -2.39. The lowest BCUT2D eigenvalue weighted by Gasteiger charge is -2.33. The first-order valence-electron chi connectivity index (χ1n) is 7.73. The van der Waals surface area contributed by atoms with Crippen LogP contribution in [0.1, 0.15) is 24.1 Å². The van der Waals surface area contributed by atoms with E-state index < -0.39 is 11.9 Å². The van der Waals surface area contributed by atoms with Gasteiger partial charge >= 0.3 is 6.18 Å². The summed E-state index contributed by atoms with van der Waals surface area (Å²) in [6, 6.07) is 6.38. The van der Waals surface area contributed by atoms with Crippen molar-refractivity contribution in [1.82, 2.24) is 15.0 Å². The Bertz CT molecular complexity index is 761. The van der Waals surface area contributed by atoms with Crippen molar-refractivity contribution >= 4 is 11.8 Å². The minimum absolute atomic E-state index is 0.00175. The maximum atomic E-state index is 12.7. The highest BCUT2D eigenvalue weighted by atomic mass is 19.4. The van der Waals surface area contributed by atoms with Gasteiger partial charge < -0.3 is 10.2 Å². The molecule has 6 nitrogen and oxygen atoms in total. The van der Waals surface area contributed by atoms with Crippen molar-refractivity contribution in [3.63, 3.8) is 0 Å². The van der Waals surface area contributed by atoms with E-state index in [1.165, 1.54) is 6.20 Å². The molecule has 1 N–H and O–H groups in total. The Hall–Kier alpha value is -2.89. The molecule has 0 aliphatic carbocycles. The summed E-state index contributed by atoms with van der Waals surface area (Å²) >= 11 is 0. The third-order valence-electron chi connectivity index (χ3n) is 3.98. The van der Waals surface area contributed by atoms with Crippen LogP contribution in [-0.2, 0) is 6.18 Å². The number of piperidine rings is 1. The summed E-state index contributed by atoms with van der Waals surface area (Å²) in [5.41, 5.74) is -0.453. The van der Waals surface area contributed by atoms with Gasteiger partial charge in [-0.2, -0.15) is 18.4 Å². The van der Waals surface area contributed by atoms with Gasteiger partial charge in [-0.05, 0) is 31.0 Å². The molecule has 2 aromatic heterocycles.